The van der Waals surface area contributed by atoms with Crippen LogP contribution in [0, 0.1) is 0 Å². The van der Waals surface area contributed by atoms with Crippen molar-refractivity contribution in [2.24, 2.45) is 0 Å². The highest BCUT2D eigenvalue weighted by molar-refractivity contribution is 9.10. The van der Waals surface area contributed by atoms with Gasteiger partial charge in [-0.2, -0.15) is 0 Å². The van der Waals surface area contributed by atoms with Crippen LogP contribution in [0.15, 0.2) is 70.9 Å². The van der Waals surface area contributed by atoms with E-state index in [1.54, 1.807) is 19.4 Å². The van der Waals surface area contributed by atoms with E-state index in [2.05, 4.69) is 21.2 Å². The molecule has 1 atom stereocenters. The first-order chi connectivity index (χ1) is 13.5. The lowest BCUT2D eigenvalue weighted by Crippen LogP contribution is -2.44. The minimum absolute atomic E-state index is 0.151. The smallest absolute Gasteiger partial charge is 0.322 e. The second kappa shape index (κ2) is 8.89. The Morgan fingerprint density at radius 3 is 2.46 bits per heavy atom. The molecule has 144 valence electrons. The number of ketones is 1. The zero-order valence-electron chi connectivity index (χ0n) is 15.7. The Morgan fingerprint density at radius 1 is 1.18 bits per heavy atom. The lowest BCUT2D eigenvalue weighted by atomic mass is 9.94. The third kappa shape index (κ3) is 4.51. The van der Waals surface area contributed by atoms with Crippen molar-refractivity contribution in [2.75, 3.05) is 13.7 Å². The van der Waals surface area contributed by atoms with Crippen molar-refractivity contribution in [2.45, 2.75) is 13.0 Å². The van der Waals surface area contributed by atoms with E-state index >= 15 is 0 Å². The molecule has 0 fully saturated rings. The summed E-state index contributed by atoms with van der Waals surface area (Å²) in [6.07, 6.45) is 4.95. The number of allylic oxidation sites excluding steroid dienone is 1. The van der Waals surface area contributed by atoms with Crippen LogP contribution in [-0.2, 0) is 4.79 Å². The summed E-state index contributed by atoms with van der Waals surface area (Å²) in [5.74, 6) is 0.565. The van der Waals surface area contributed by atoms with Crippen molar-refractivity contribution in [3.63, 3.8) is 0 Å². The highest BCUT2D eigenvalue weighted by Gasteiger charge is 2.30. The Morgan fingerprint density at radius 2 is 1.86 bits per heavy atom. The average molecular weight is 441 g/mol. The van der Waals surface area contributed by atoms with Gasteiger partial charge in [0.2, 0.25) is 0 Å². The van der Waals surface area contributed by atoms with Crippen molar-refractivity contribution in [1.29, 1.82) is 0 Å². The van der Waals surface area contributed by atoms with E-state index in [0.29, 0.717) is 17.9 Å². The van der Waals surface area contributed by atoms with Gasteiger partial charge in [-0.05, 0) is 48.4 Å². The molecular formula is C22H21BrN2O3. The maximum Gasteiger partial charge on any atom is 0.322 e. The Balaban J connectivity index is 1.90. The summed E-state index contributed by atoms with van der Waals surface area (Å²) in [6, 6.07) is 14.3. The quantitative estimate of drug-likeness (QED) is 0.661. The number of urea groups is 1. The molecular weight excluding hydrogens is 420 g/mol. The Bertz CT molecular complexity index is 918. The molecule has 1 aliphatic rings. The molecule has 0 saturated heterocycles. The first kappa shape index (κ1) is 19.9. The van der Waals surface area contributed by atoms with Crippen LogP contribution in [0.1, 0.15) is 24.1 Å². The van der Waals surface area contributed by atoms with Gasteiger partial charge in [-0.15, -0.1) is 0 Å². The van der Waals surface area contributed by atoms with Gasteiger partial charge in [-0.3, -0.25) is 4.79 Å². The van der Waals surface area contributed by atoms with Crippen molar-refractivity contribution in [1.82, 2.24) is 10.2 Å². The zero-order chi connectivity index (χ0) is 20.1. The summed E-state index contributed by atoms with van der Waals surface area (Å²) in [7, 11) is 1.60. The number of hydrogen-bond donors (Lipinski definition) is 1. The van der Waals surface area contributed by atoms with Crippen molar-refractivity contribution in [3.8, 4) is 5.75 Å². The molecule has 1 unspecified atom stereocenters. The maximum atomic E-state index is 12.9. The number of nitrogens with one attached hydrogen (secondary N) is 1. The predicted molar refractivity (Wildman–Crippen MR) is 113 cm³/mol. The molecule has 0 spiro atoms. The van der Waals surface area contributed by atoms with Gasteiger partial charge >= 0.3 is 6.03 Å². The number of carbonyl (C=O) groups is 2. The Kier molecular flexibility index (Phi) is 6.31. The number of hydrogen-bond acceptors (Lipinski definition) is 3. The van der Waals surface area contributed by atoms with Gasteiger partial charge in [0, 0.05) is 22.8 Å². The van der Waals surface area contributed by atoms with E-state index in [1.807, 2.05) is 55.5 Å². The molecule has 0 aromatic heterocycles. The molecule has 2 aromatic carbocycles. The zero-order valence-corrected chi connectivity index (χ0v) is 17.3. The molecule has 2 amide bonds. The fraction of sp³-hybridized carbons (Fsp3) is 0.182. The largest absolute Gasteiger partial charge is 0.497 e. The fourth-order valence-electron chi connectivity index (χ4n) is 2.93. The molecule has 0 bridgehead atoms. The molecule has 0 aliphatic carbocycles. The van der Waals surface area contributed by atoms with Crippen LogP contribution in [0.25, 0.3) is 6.08 Å². The second-order valence-corrected chi connectivity index (χ2v) is 7.19. The van der Waals surface area contributed by atoms with Gasteiger partial charge in [0.05, 0.1) is 13.2 Å². The molecule has 6 heteroatoms. The molecule has 1 aliphatic heterocycles. The third-order valence-electron chi connectivity index (χ3n) is 4.51. The molecule has 5 nitrogen and oxygen atoms in total. The van der Waals surface area contributed by atoms with E-state index in [9.17, 15) is 9.59 Å². The highest BCUT2D eigenvalue weighted by Crippen LogP contribution is 2.28. The first-order valence-corrected chi connectivity index (χ1v) is 9.72. The van der Waals surface area contributed by atoms with E-state index < -0.39 is 6.04 Å². The molecule has 1 heterocycles. The molecule has 2 aromatic rings. The van der Waals surface area contributed by atoms with Crippen molar-refractivity contribution < 1.29 is 14.3 Å². The number of halogens is 1. The minimum Gasteiger partial charge on any atom is -0.497 e. The van der Waals surface area contributed by atoms with Gasteiger partial charge in [0.25, 0.3) is 0 Å². The average Bonchev–Trinajstić information content (AvgIpc) is 2.73. The molecule has 28 heavy (non-hydrogen) atoms. The van der Waals surface area contributed by atoms with E-state index in [-0.39, 0.29) is 11.8 Å². The molecule has 3 rings (SSSR count). The topological polar surface area (TPSA) is 58.6 Å². The highest BCUT2D eigenvalue weighted by atomic mass is 79.9. The summed E-state index contributed by atoms with van der Waals surface area (Å²) in [5, 5.41) is 2.92. The van der Waals surface area contributed by atoms with Gasteiger partial charge in [-0.25, -0.2) is 4.79 Å². The Labute approximate surface area is 172 Å². The summed E-state index contributed by atoms with van der Waals surface area (Å²) in [6.45, 7) is 2.35. The van der Waals surface area contributed by atoms with Gasteiger partial charge in [0.15, 0.2) is 5.78 Å². The normalized spacial score (nSPS) is 16.7. The lowest BCUT2D eigenvalue weighted by Gasteiger charge is -2.31. The van der Waals surface area contributed by atoms with E-state index in [1.165, 1.54) is 11.0 Å². The van der Waals surface area contributed by atoms with Crippen LogP contribution in [-0.4, -0.2) is 30.4 Å². The van der Waals surface area contributed by atoms with E-state index in [4.69, 9.17) is 4.74 Å². The van der Waals surface area contributed by atoms with Crippen LogP contribution in [0.3, 0.4) is 0 Å². The summed E-state index contributed by atoms with van der Waals surface area (Å²) in [4.78, 5) is 26.8. The first-order valence-electron chi connectivity index (χ1n) is 8.92. The number of benzene rings is 2. The van der Waals surface area contributed by atoms with E-state index in [0.717, 1.165) is 15.6 Å². The monoisotopic (exact) mass is 440 g/mol. The standard InChI is InChI=1S/C22H21BrN2O3/c1-3-25-14-19(20(26)13-6-15-4-9-17(23)10-5-15)21(24-22(25)27)16-7-11-18(28-2)12-8-16/h4-14,21H,3H2,1-2H3,(H,24,27). The van der Waals surface area contributed by atoms with Crippen LogP contribution in [0.4, 0.5) is 4.79 Å². The maximum absolute atomic E-state index is 12.9. The summed E-state index contributed by atoms with van der Waals surface area (Å²) in [5.41, 5.74) is 2.26. The number of carbonyl (C=O) groups excluding carboxylic acids is 2. The third-order valence-corrected chi connectivity index (χ3v) is 5.03. The SMILES string of the molecule is CCN1C=C(C(=O)C=Cc2ccc(Br)cc2)C(c2ccc(OC)cc2)NC1=O. The van der Waals surface area contributed by atoms with Crippen molar-refractivity contribution in [3.05, 3.63) is 82.0 Å². The number of rotatable bonds is 6. The number of methoxy groups -OCH3 is 1. The van der Waals surface area contributed by atoms with Gasteiger partial charge in [0.1, 0.15) is 5.75 Å². The van der Waals surface area contributed by atoms with Crippen molar-refractivity contribution >= 4 is 33.8 Å². The second-order valence-electron chi connectivity index (χ2n) is 6.28. The lowest BCUT2D eigenvalue weighted by molar-refractivity contribution is -0.111. The predicted octanol–water partition coefficient (Wildman–Crippen LogP) is 4.71. The summed E-state index contributed by atoms with van der Waals surface area (Å²) >= 11 is 3.40. The van der Waals surface area contributed by atoms with Gasteiger partial charge < -0.3 is 15.0 Å². The number of amides is 2. The number of ether oxygens (including phenoxy) is 1. The van der Waals surface area contributed by atoms with Gasteiger partial charge in [-0.1, -0.05) is 46.3 Å². The fourth-order valence-corrected chi connectivity index (χ4v) is 3.19. The summed E-state index contributed by atoms with van der Waals surface area (Å²) < 4.78 is 6.17. The molecule has 0 radical (unpaired) electrons. The van der Waals surface area contributed by atoms with Crippen LogP contribution >= 0.6 is 15.9 Å². The van der Waals surface area contributed by atoms with Crippen LogP contribution < -0.4 is 10.1 Å². The minimum atomic E-state index is -0.511. The number of nitrogens with zero attached hydrogens (tertiary/aromatic N) is 1. The Hall–Kier alpha value is -2.86. The molecule has 0 saturated carbocycles. The van der Waals surface area contributed by atoms with Crippen LogP contribution in [0.2, 0.25) is 0 Å². The molecule has 1 N–H and O–H groups in total. The van der Waals surface area contributed by atoms with Crippen LogP contribution in [0.5, 0.6) is 5.75 Å².